The number of hydrogen-bond acceptors (Lipinski definition) is 4. The van der Waals surface area contributed by atoms with Crippen LogP contribution in [0.2, 0.25) is 0 Å². The molecule has 0 N–H and O–H groups in total. The fourth-order valence-corrected chi connectivity index (χ4v) is 3.23. The Morgan fingerprint density at radius 3 is 2.37 bits per heavy atom. The summed E-state index contributed by atoms with van der Waals surface area (Å²) < 4.78 is 57.4. The number of hydrogen-bond donors (Lipinski definition) is 0. The summed E-state index contributed by atoms with van der Waals surface area (Å²) in [6.45, 7) is 2.35. The number of benzene rings is 2. The Morgan fingerprint density at radius 2 is 1.73 bits per heavy atom. The van der Waals surface area contributed by atoms with Crippen LogP contribution in [0.3, 0.4) is 0 Å². The van der Waals surface area contributed by atoms with E-state index in [1.165, 1.54) is 19.1 Å². The normalized spacial score (nSPS) is 14.6. The molecule has 0 radical (unpaired) electrons. The second-order valence-electron chi connectivity index (χ2n) is 6.90. The van der Waals surface area contributed by atoms with Gasteiger partial charge in [0.1, 0.15) is 11.6 Å². The zero-order valence-corrected chi connectivity index (χ0v) is 16.2. The highest BCUT2D eigenvalue weighted by molar-refractivity contribution is 5.96. The first-order valence-electron chi connectivity index (χ1n) is 9.28. The maximum atomic E-state index is 13.3. The average molecular weight is 424 g/mol. The van der Waals surface area contributed by atoms with Crippen molar-refractivity contribution in [1.29, 1.82) is 0 Å². The van der Waals surface area contributed by atoms with E-state index >= 15 is 0 Å². The number of carbonyl (C=O) groups is 2. The second-order valence-corrected chi connectivity index (χ2v) is 6.90. The van der Waals surface area contributed by atoms with Crippen molar-refractivity contribution in [3.8, 4) is 5.75 Å². The summed E-state index contributed by atoms with van der Waals surface area (Å²) in [5.74, 6) is -1.16. The number of piperazine rings is 1. The molecule has 1 heterocycles. The van der Waals surface area contributed by atoms with E-state index in [0.717, 1.165) is 24.3 Å². The lowest BCUT2D eigenvalue weighted by Gasteiger charge is -2.36. The lowest BCUT2D eigenvalue weighted by molar-refractivity contribution is -0.137. The first-order valence-corrected chi connectivity index (χ1v) is 9.28. The van der Waals surface area contributed by atoms with Crippen molar-refractivity contribution in [1.82, 2.24) is 4.90 Å². The molecule has 2 aromatic carbocycles. The van der Waals surface area contributed by atoms with Crippen molar-refractivity contribution in [2.24, 2.45) is 0 Å². The minimum absolute atomic E-state index is 0.0529. The molecule has 0 unspecified atom stereocenters. The van der Waals surface area contributed by atoms with Crippen LogP contribution in [0.1, 0.15) is 22.8 Å². The fourth-order valence-electron chi connectivity index (χ4n) is 3.23. The molecule has 1 saturated heterocycles. The molecular weight excluding hydrogens is 404 g/mol. The molecule has 0 aliphatic carbocycles. The lowest BCUT2D eigenvalue weighted by atomic mass is 10.1. The molecule has 2 aromatic rings. The highest BCUT2D eigenvalue weighted by atomic mass is 19.4. The number of nitrogens with zero attached hydrogens (tertiary/aromatic N) is 2. The Balaban J connectivity index is 1.57. The van der Waals surface area contributed by atoms with Gasteiger partial charge in [-0.3, -0.25) is 9.59 Å². The van der Waals surface area contributed by atoms with Crippen LogP contribution in [0.15, 0.2) is 42.5 Å². The molecule has 0 spiro atoms. The van der Waals surface area contributed by atoms with Crippen LogP contribution in [0.25, 0.3) is 0 Å². The van der Waals surface area contributed by atoms with Gasteiger partial charge in [-0.2, -0.15) is 13.2 Å². The van der Waals surface area contributed by atoms with E-state index < -0.39 is 17.6 Å². The van der Waals surface area contributed by atoms with Crippen molar-refractivity contribution in [3.05, 3.63) is 59.4 Å². The summed E-state index contributed by atoms with van der Waals surface area (Å²) in [5, 5.41) is 0. The van der Waals surface area contributed by atoms with E-state index in [1.807, 2.05) is 0 Å². The van der Waals surface area contributed by atoms with E-state index in [1.54, 1.807) is 15.9 Å². The number of halogens is 4. The predicted octanol–water partition coefficient (Wildman–Crippen LogP) is 3.77. The van der Waals surface area contributed by atoms with Crippen LogP contribution in [0, 0.1) is 5.82 Å². The van der Waals surface area contributed by atoms with Crippen LogP contribution in [0.5, 0.6) is 5.75 Å². The van der Waals surface area contributed by atoms with E-state index in [2.05, 4.69) is 0 Å². The van der Waals surface area contributed by atoms with Crippen molar-refractivity contribution in [2.45, 2.75) is 13.1 Å². The highest BCUT2D eigenvalue weighted by Gasteiger charge is 2.31. The largest absolute Gasteiger partial charge is 0.483 e. The Bertz CT molecular complexity index is 938. The van der Waals surface area contributed by atoms with Crippen LogP contribution in [-0.4, -0.2) is 49.4 Å². The van der Waals surface area contributed by atoms with Crippen LogP contribution in [-0.2, 0) is 11.0 Å². The topological polar surface area (TPSA) is 49.9 Å². The van der Waals surface area contributed by atoms with Crippen LogP contribution in [0.4, 0.5) is 23.2 Å². The number of alkyl halides is 3. The number of ether oxygens (including phenoxy) is 1. The smallest absolute Gasteiger partial charge is 0.416 e. The predicted molar refractivity (Wildman–Crippen MR) is 102 cm³/mol. The third-order valence-corrected chi connectivity index (χ3v) is 4.84. The number of amides is 1. The van der Waals surface area contributed by atoms with E-state index in [9.17, 15) is 27.2 Å². The number of carbonyl (C=O) groups excluding carboxylic acids is 2. The molecule has 0 aromatic heterocycles. The molecule has 0 saturated carbocycles. The molecule has 1 aliphatic rings. The summed E-state index contributed by atoms with van der Waals surface area (Å²) in [7, 11) is 0. The van der Waals surface area contributed by atoms with Crippen molar-refractivity contribution < 1.29 is 31.9 Å². The monoisotopic (exact) mass is 424 g/mol. The Morgan fingerprint density at radius 1 is 1.03 bits per heavy atom. The number of Topliss-reactive ketones (excluding diaryl/α,β-unsaturated/α-hetero) is 1. The molecule has 0 bridgehead atoms. The van der Waals surface area contributed by atoms with Gasteiger partial charge < -0.3 is 14.5 Å². The Labute approximate surface area is 170 Å². The first kappa shape index (κ1) is 21.6. The Kier molecular flexibility index (Phi) is 6.28. The van der Waals surface area contributed by atoms with Gasteiger partial charge >= 0.3 is 6.18 Å². The highest BCUT2D eigenvalue weighted by Crippen LogP contribution is 2.32. The molecular formula is C21H20F4N2O3. The molecule has 1 amide bonds. The molecule has 30 heavy (non-hydrogen) atoms. The zero-order chi connectivity index (χ0) is 21.9. The molecule has 5 nitrogen and oxygen atoms in total. The summed E-state index contributed by atoms with van der Waals surface area (Å²) in [6, 6.07) is 8.57. The fraction of sp³-hybridized carbons (Fsp3) is 0.333. The number of anilines is 1. The first-order chi connectivity index (χ1) is 14.1. The van der Waals surface area contributed by atoms with Crippen molar-refractivity contribution >= 4 is 17.4 Å². The van der Waals surface area contributed by atoms with Gasteiger partial charge in [0.15, 0.2) is 12.4 Å². The molecule has 3 rings (SSSR count). The lowest BCUT2D eigenvalue weighted by Crippen LogP contribution is -2.50. The van der Waals surface area contributed by atoms with Gasteiger partial charge in [0.2, 0.25) is 0 Å². The maximum absolute atomic E-state index is 13.3. The molecule has 160 valence electrons. The van der Waals surface area contributed by atoms with E-state index in [4.69, 9.17) is 4.74 Å². The molecule has 9 heteroatoms. The summed E-state index contributed by atoms with van der Waals surface area (Å²) in [6.07, 6.45) is -4.41. The van der Waals surface area contributed by atoms with Gasteiger partial charge in [-0.1, -0.05) is 6.07 Å². The third-order valence-electron chi connectivity index (χ3n) is 4.84. The zero-order valence-electron chi connectivity index (χ0n) is 16.2. The van der Waals surface area contributed by atoms with Gasteiger partial charge in [0.25, 0.3) is 5.91 Å². The number of rotatable bonds is 5. The summed E-state index contributed by atoms with van der Waals surface area (Å²) in [4.78, 5) is 27.4. The van der Waals surface area contributed by atoms with Gasteiger partial charge in [-0.15, -0.1) is 0 Å². The third kappa shape index (κ3) is 5.08. The maximum Gasteiger partial charge on any atom is 0.416 e. The van der Waals surface area contributed by atoms with Crippen molar-refractivity contribution in [2.75, 3.05) is 37.7 Å². The van der Waals surface area contributed by atoms with E-state index in [0.29, 0.717) is 31.9 Å². The van der Waals surface area contributed by atoms with Crippen LogP contribution >= 0.6 is 0 Å². The van der Waals surface area contributed by atoms with E-state index in [-0.39, 0.29) is 29.6 Å². The minimum atomic E-state index is -4.41. The molecule has 0 atom stereocenters. The summed E-state index contributed by atoms with van der Waals surface area (Å²) in [5.41, 5.74) is -0.213. The van der Waals surface area contributed by atoms with Crippen molar-refractivity contribution in [3.63, 3.8) is 0 Å². The van der Waals surface area contributed by atoms with Gasteiger partial charge in [0.05, 0.1) is 11.1 Å². The molecule has 1 fully saturated rings. The van der Waals surface area contributed by atoms with Crippen LogP contribution < -0.4 is 9.64 Å². The van der Waals surface area contributed by atoms with Gasteiger partial charge in [-0.05, 0) is 43.3 Å². The van der Waals surface area contributed by atoms with Gasteiger partial charge in [-0.25, -0.2) is 4.39 Å². The quantitative estimate of drug-likeness (QED) is 0.542. The second kappa shape index (κ2) is 8.73. The SMILES string of the molecule is CC(=O)c1cc(F)ccc1OCC(=O)N1CCN(c2cccc(C(F)(F)F)c2)CC1. The Hall–Kier alpha value is -3.10. The molecule has 1 aliphatic heterocycles. The minimum Gasteiger partial charge on any atom is -0.483 e. The number of ketones is 1. The standard InChI is InChI=1S/C21H20F4N2O3/c1-14(28)18-12-16(22)5-6-19(18)30-13-20(29)27-9-7-26(8-10-27)17-4-2-3-15(11-17)21(23,24)25/h2-6,11-12H,7-10,13H2,1H3. The average Bonchev–Trinajstić information content (AvgIpc) is 2.72. The summed E-state index contributed by atoms with van der Waals surface area (Å²) >= 11 is 0. The van der Waals surface area contributed by atoms with Gasteiger partial charge in [0, 0.05) is 31.9 Å².